The van der Waals surface area contributed by atoms with Gasteiger partial charge in [0.05, 0.1) is 17.7 Å². The number of sulfonamides is 1. The van der Waals surface area contributed by atoms with Crippen molar-refractivity contribution in [1.82, 2.24) is 14.6 Å². The normalized spacial score (nSPS) is 11.6. The van der Waals surface area contributed by atoms with Gasteiger partial charge in [0.2, 0.25) is 15.9 Å². The number of ether oxygens (including phenoxy) is 1. The average Bonchev–Trinajstić information content (AvgIpc) is 3.27. The molecule has 176 valence electrons. The molecule has 1 aromatic heterocycles. The highest BCUT2D eigenvalue weighted by atomic mass is 32.2. The highest BCUT2D eigenvalue weighted by Crippen LogP contribution is 2.22. The number of nitrogens with zero attached hydrogens (tertiary/aromatic N) is 2. The van der Waals surface area contributed by atoms with Gasteiger partial charge < -0.3 is 19.8 Å². The summed E-state index contributed by atoms with van der Waals surface area (Å²) < 4.78 is 37.0. The molecule has 3 aromatic rings. The molecule has 2 N–H and O–H groups in total. The minimum absolute atomic E-state index is 0.157. The molecule has 0 radical (unpaired) electrons. The summed E-state index contributed by atoms with van der Waals surface area (Å²) in [5.74, 6) is 1.25. The Kier molecular flexibility index (Phi) is 7.72. The van der Waals surface area contributed by atoms with Crippen molar-refractivity contribution in [2.75, 3.05) is 26.0 Å². The Hall–Kier alpha value is -3.37. The third kappa shape index (κ3) is 6.11. The molecular formula is C23H28N4O5S. The van der Waals surface area contributed by atoms with Crippen molar-refractivity contribution < 1.29 is 22.4 Å². The van der Waals surface area contributed by atoms with Crippen molar-refractivity contribution >= 4 is 21.7 Å². The van der Waals surface area contributed by atoms with Crippen LogP contribution in [0.25, 0.3) is 11.5 Å². The van der Waals surface area contributed by atoms with Crippen LogP contribution in [-0.2, 0) is 16.4 Å². The van der Waals surface area contributed by atoms with Crippen LogP contribution in [0.5, 0.6) is 5.75 Å². The fourth-order valence-electron chi connectivity index (χ4n) is 2.92. The first-order valence-electron chi connectivity index (χ1n) is 10.4. The van der Waals surface area contributed by atoms with Crippen LogP contribution in [0.4, 0.5) is 10.5 Å². The van der Waals surface area contributed by atoms with Crippen LogP contribution in [-0.4, -0.2) is 50.5 Å². The number of carbonyl (C=O) groups excluding carboxylic acids is 1. The van der Waals surface area contributed by atoms with Gasteiger partial charge in [-0.2, -0.15) is 4.31 Å². The second-order valence-electron chi connectivity index (χ2n) is 7.64. The Morgan fingerprint density at radius 3 is 2.39 bits per heavy atom. The largest absolute Gasteiger partial charge is 0.497 e. The van der Waals surface area contributed by atoms with Gasteiger partial charge in [-0.3, -0.25) is 0 Å². The van der Waals surface area contributed by atoms with Gasteiger partial charge in [-0.1, -0.05) is 0 Å². The maximum absolute atomic E-state index is 12.5. The summed E-state index contributed by atoms with van der Waals surface area (Å²) in [5.41, 5.74) is 2.03. The zero-order valence-electron chi connectivity index (χ0n) is 19.0. The molecule has 0 spiro atoms. The molecule has 0 aliphatic heterocycles. The number of urea groups is 1. The van der Waals surface area contributed by atoms with E-state index in [1.807, 2.05) is 24.3 Å². The van der Waals surface area contributed by atoms with Crippen LogP contribution < -0.4 is 15.4 Å². The first-order valence-corrected chi connectivity index (χ1v) is 11.9. The topological polar surface area (TPSA) is 114 Å². The van der Waals surface area contributed by atoms with Crippen molar-refractivity contribution in [3.05, 3.63) is 60.5 Å². The highest BCUT2D eigenvalue weighted by Gasteiger charge is 2.22. The fraction of sp³-hybridized carbons (Fsp3) is 0.304. The summed E-state index contributed by atoms with van der Waals surface area (Å²) in [6.07, 6.45) is 2.05. The number of aromatic nitrogens is 1. The van der Waals surface area contributed by atoms with E-state index in [1.165, 1.54) is 23.5 Å². The van der Waals surface area contributed by atoms with Crippen LogP contribution in [0.2, 0.25) is 0 Å². The molecule has 33 heavy (non-hydrogen) atoms. The van der Waals surface area contributed by atoms with E-state index in [0.717, 1.165) is 11.3 Å². The summed E-state index contributed by atoms with van der Waals surface area (Å²) in [5, 5.41) is 5.43. The standard InChI is InChI=1S/C23H28N4O5S/c1-16(2)27(3)33(29,30)21-11-7-18(8-12-21)26-23(28)24-14-13-19-15-32-22(25-19)17-5-9-20(31-4)10-6-17/h5-12,15-16H,13-14H2,1-4H3,(H2,24,26,28). The number of amides is 2. The van der Waals surface area contributed by atoms with Crippen molar-refractivity contribution in [3.63, 3.8) is 0 Å². The molecule has 0 aliphatic carbocycles. The third-order valence-electron chi connectivity index (χ3n) is 5.07. The van der Waals surface area contributed by atoms with Crippen LogP contribution in [0.3, 0.4) is 0 Å². The molecule has 1 heterocycles. The van der Waals surface area contributed by atoms with E-state index in [2.05, 4.69) is 15.6 Å². The number of methoxy groups -OCH3 is 1. The van der Waals surface area contributed by atoms with Crippen LogP contribution in [0.15, 0.2) is 64.1 Å². The Bertz CT molecular complexity index is 1170. The minimum atomic E-state index is -3.57. The molecule has 0 saturated carbocycles. The maximum Gasteiger partial charge on any atom is 0.319 e. The van der Waals surface area contributed by atoms with Crippen LogP contribution in [0.1, 0.15) is 19.5 Å². The Labute approximate surface area is 193 Å². The predicted molar refractivity (Wildman–Crippen MR) is 126 cm³/mol. The number of rotatable bonds is 9. The van der Waals surface area contributed by atoms with Gasteiger partial charge in [0.15, 0.2) is 0 Å². The Balaban J connectivity index is 1.49. The molecule has 0 saturated heterocycles. The van der Waals surface area contributed by atoms with E-state index in [9.17, 15) is 13.2 Å². The lowest BCUT2D eigenvalue weighted by Gasteiger charge is -2.21. The molecule has 0 fully saturated rings. The van der Waals surface area contributed by atoms with Gasteiger partial charge in [-0.15, -0.1) is 0 Å². The van der Waals surface area contributed by atoms with Crippen molar-refractivity contribution in [2.45, 2.75) is 31.2 Å². The molecule has 2 aromatic carbocycles. The van der Waals surface area contributed by atoms with E-state index < -0.39 is 16.1 Å². The van der Waals surface area contributed by atoms with Crippen LogP contribution in [0, 0.1) is 0 Å². The quantitative estimate of drug-likeness (QED) is 0.490. The lowest BCUT2D eigenvalue weighted by molar-refractivity contribution is 0.252. The SMILES string of the molecule is COc1ccc(-c2nc(CCNC(=O)Nc3ccc(S(=O)(=O)N(C)C(C)C)cc3)co2)cc1. The molecule has 0 aliphatic rings. The summed E-state index contributed by atoms with van der Waals surface area (Å²) in [6.45, 7) is 3.96. The number of anilines is 1. The van der Waals surface area contributed by atoms with Gasteiger partial charge in [0.25, 0.3) is 0 Å². The third-order valence-corrected chi connectivity index (χ3v) is 7.12. The van der Waals surface area contributed by atoms with Crippen molar-refractivity contribution in [3.8, 4) is 17.2 Å². The van der Waals surface area contributed by atoms with E-state index >= 15 is 0 Å². The van der Waals surface area contributed by atoms with Gasteiger partial charge >= 0.3 is 6.03 Å². The lowest BCUT2D eigenvalue weighted by Crippen LogP contribution is -2.33. The molecule has 0 bridgehead atoms. The Morgan fingerprint density at radius 1 is 1.12 bits per heavy atom. The van der Waals surface area contributed by atoms with Crippen molar-refractivity contribution in [2.24, 2.45) is 0 Å². The second kappa shape index (κ2) is 10.5. The number of oxazole rings is 1. The van der Waals surface area contributed by atoms with Gasteiger partial charge in [-0.25, -0.2) is 18.2 Å². The molecule has 0 atom stereocenters. The Morgan fingerprint density at radius 2 is 1.79 bits per heavy atom. The summed E-state index contributed by atoms with van der Waals surface area (Å²) in [6, 6.07) is 12.9. The average molecular weight is 473 g/mol. The summed E-state index contributed by atoms with van der Waals surface area (Å²) >= 11 is 0. The zero-order valence-corrected chi connectivity index (χ0v) is 19.8. The first kappa shape index (κ1) is 24.3. The maximum atomic E-state index is 12.5. The number of benzene rings is 2. The number of carbonyl (C=O) groups is 1. The smallest absolute Gasteiger partial charge is 0.319 e. The molecule has 0 unspecified atom stereocenters. The minimum Gasteiger partial charge on any atom is -0.497 e. The lowest BCUT2D eigenvalue weighted by atomic mass is 10.2. The van der Waals surface area contributed by atoms with Crippen molar-refractivity contribution in [1.29, 1.82) is 0 Å². The van der Waals surface area contributed by atoms with E-state index in [1.54, 1.807) is 39.4 Å². The van der Waals surface area contributed by atoms with Gasteiger partial charge in [0.1, 0.15) is 12.0 Å². The molecule has 2 amide bonds. The fourth-order valence-corrected chi connectivity index (χ4v) is 4.29. The molecular weight excluding hydrogens is 444 g/mol. The predicted octanol–water partition coefficient (Wildman–Crippen LogP) is 3.74. The summed E-state index contributed by atoms with van der Waals surface area (Å²) in [4.78, 5) is 16.8. The van der Waals surface area contributed by atoms with Crippen LogP contribution >= 0.6 is 0 Å². The van der Waals surface area contributed by atoms with E-state index in [4.69, 9.17) is 9.15 Å². The number of hydrogen-bond donors (Lipinski definition) is 2. The monoisotopic (exact) mass is 472 g/mol. The van der Waals surface area contributed by atoms with Gasteiger partial charge in [0, 0.05) is 37.3 Å². The van der Waals surface area contributed by atoms with Gasteiger partial charge in [-0.05, 0) is 62.4 Å². The molecule has 9 nitrogen and oxygen atoms in total. The first-order chi connectivity index (χ1) is 15.7. The molecule has 3 rings (SSSR count). The highest BCUT2D eigenvalue weighted by molar-refractivity contribution is 7.89. The van der Waals surface area contributed by atoms with E-state index in [-0.39, 0.29) is 10.9 Å². The second-order valence-corrected chi connectivity index (χ2v) is 9.64. The number of hydrogen-bond acceptors (Lipinski definition) is 6. The zero-order chi connectivity index (χ0) is 24.0. The summed E-state index contributed by atoms with van der Waals surface area (Å²) in [7, 11) is -0.426. The van der Waals surface area contributed by atoms with E-state index in [0.29, 0.717) is 30.2 Å². The number of nitrogens with one attached hydrogen (secondary N) is 2. The molecule has 10 heteroatoms.